The third kappa shape index (κ3) is 32.5. The van der Waals surface area contributed by atoms with Gasteiger partial charge in [0.25, 0.3) is 0 Å². The van der Waals surface area contributed by atoms with Crippen molar-refractivity contribution < 1.29 is 32.9 Å². The Labute approximate surface area is 617 Å². The molecule has 18 fully saturated rings. The van der Waals surface area contributed by atoms with Crippen LogP contribution in [0.3, 0.4) is 0 Å². The van der Waals surface area contributed by atoms with Crippen molar-refractivity contribution >= 4 is 0 Å². The van der Waals surface area contributed by atoms with Gasteiger partial charge in [0.2, 0.25) is 0 Å². The fourth-order valence-electron chi connectivity index (χ4n) is 21.0. The van der Waals surface area contributed by atoms with Crippen molar-refractivity contribution in [2.45, 2.75) is 444 Å². The number of hydrogen-bond donors (Lipinski definition) is 0. The van der Waals surface area contributed by atoms with E-state index >= 15 is 0 Å². The van der Waals surface area contributed by atoms with Gasteiger partial charge < -0.3 is 0 Å². The third-order valence-electron chi connectivity index (χ3n) is 26.6. The summed E-state index contributed by atoms with van der Waals surface area (Å²) in [6.07, 6.45) is 38.3. The van der Waals surface area contributed by atoms with E-state index in [9.17, 15) is 0 Å². The van der Waals surface area contributed by atoms with E-state index in [0.717, 1.165) is 131 Å². The first-order chi connectivity index (χ1) is 53.6. The maximum absolute atomic E-state index is 7.57. The monoisotopic (exact) mass is 1310 g/mol. The molecule has 12 bridgehead atoms. The molecule has 92 heavy (non-hydrogen) atoms. The van der Waals surface area contributed by atoms with Crippen molar-refractivity contribution in [1.29, 1.82) is 0 Å². The lowest BCUT2D eigenvalue weighted by Crippen LogP contribution is -2.44. The molecule has 0 saturated heterocycles. The summed E-state index contributed by atoms with van der Waals surface area (Å²) in [6.45, 7) is 24.8. The van der Waals surface area contributed by atoms with Gasteiger partial charge in [-0.25, -0.2) is 0 Å². The van der Waals surface area contributed by atoms with Crippen LogP contribution >= 0.6 is 0 Å². The van der Waals surface area contributed by atoms with Crippen molar-refractivity contribution in [2.24, 2.45) is 142 Å². The largest absolute Gasteiger partial charge is 0.0654 e. The van der Waals surface area contributed by atoms with Gasteiger partial charge in [-0.3, -0.25) is 0 Å². The molecule has 0 heterocycles. The maximum atomic E-state index is 7.57. The summed E-state index contributed by atoms with van der Waals surface area (Å²) in [5, 5.41) is 0. The number of rotatable bonds is 7. The summed E-state index contributed by atoms with van der Waals surface area (Å²) in [5.41, 5.74) is 0. The second-order valence-corrected chi connectivity index (χ2v) is 34.7. The van der Waals surface area contributed by atoms with Gasteiger partial charge in [-0.1, -0.05) is 341 Å². The lowest BCUT2D eigenvalue weighted by molar-refractivity contribution is -0.0376. The number of fused-ring (bicyclic) bond motifs is 4. The Morgan fingerprint density at radius 1 is 0.326 bits per heavy atom. The molecular formula is C92H176. The molecule has 6 unspecified atom stereocenters. The highest BCUT2D eigenvalue weighted by molar-refractivity contribution is 4.98. The highest BCUT2D eigenvalue weighted by Crippen LogP contribution is 2.58. The molecule has 18 aliphatic rings. The van der Waals surface area contributed by atoms with E-state index in [1.807, 2.05) is 0 Å². The lowest BCUT2D eigenvalue weighted by atomic mass is 9.51. The first-order valence-electron chi connectivity index (χ1n) is 53.6. The van der Waals surface area contributed by atoms with Crippen molar-refractivity contribution in [3.05, 3.63) is 0 Å². The minimum absolute atomic E-state index is 0.160. The van der Waals surface area contributed by atoms with Gasteiger partial charge in [0, 0.05) is 32.9 Å². The van der Waals surface area contributed by atoms with E-state index in [0.29, 0.717) is 0 Å². The number of hydrogen-bond acceptors (Lipinski definition) is 0. The molecule has 0 heteroatoms. The van der Waals surface area contributed by atoms with Gasteiger partial charge in [-0.2, -0.15) is 0 Å². The quantitative estimate of drug-likeness (QED) is 0.238. The normalized spacial score (nSPS) is 45.1. The van der Waals surface area contributed by atoms with Crippen LogP contribution in [0, 0.1) is 142 Å². The molecule has 544 valence electrons. The van der Waals surface area contributed by atoms with E-state index < -0.39 is 88.8 Å². The van der Waals surface area contributed by atoms with Gasteiger partial charge in [-0.05, 0) is 245 Å². The zero-order chi connectivity index (χ0) is 87.8. The highest BCUT2D eigenvalue weighted by atomic mass is 14.5. The molecule has 0 aromatic carbocycles. The Hall–Kier alpha value is 0. The molecule has 18 saturated carbocycles. The first-order valence-corrected chi connectivity index (χ1v) is 41.6. The van der Waals surface area contributed by atoms with Gasteiger partial charge in [0.15, 0.2) is 0 Å². The van der Waals surface area contributed by atoms with E-state index in [2.05, 4.69) is 76.2 Å². The van der Waals surface area contributed by atoms with Crippen LogP contribution in [0.1, 0.15) is 477 Å². The van der Waals surface area contributed by atoms with Crippen LogP contribution in [0.4, 0.5) is 0 Å². The summed E-state index contributed by atoms with van der Waals surface area (Å²) in [6, 6.07) is 0. The summed E-state index contributed by atoms with van der Waals surface area (Å²) in [5.74, 6) is 19.3. The summed E-state index contributed by atoms with van der Waals surface area (Å²) in [4.78, 5) is 0. The topological polar surface area (TPSA) is 0 Å². The third-order valence-corrected chi connectivity index (χ3v) is 26.6. The molecule has 0 aliphatic heterocycles. The zero-order valence-corrected chi connectivity index (χ0v) is 63.8. The van der Waals surface area contributed by atoms with E-state index in [1.54, 1.807) is 122 Å². The van der Waals surface area contributed by atoms with Crippen LogP contribution in [0.2, 0.25) is 0 Å². The predicted octanol–water partition coefficient (Wildman–Crippen LogP) is 31.4. The molecule has 0 N–H and O–H groups in total. The molecule has 0 spiro atoms. The van der Waals surface area contributed by atoms with Crippen LogP contribution < -0.4 is 0 Å². The van der Waals surface area contributed by atoms with E-state index in [4.69, 9.17) is 32.9 Å². The fraction of sp³-hybridized carbons (Fsp3) is 1.00. The SMILES string of the molecule is CC1C2CC3CC(C2)CC1C3.CC1CC2CCC1C2.CC1CCCC1.CC1CCCCC1.CCC1C2CC3CC(C2)CC1C3.CCC1CC2CCC1C2.CCC1CCCC1.CCC1CCCCC1.CCCC(C)C.[2H]C([2H])([2H])C(CC)C([2H])([2H])[2H].[2H]C1([2H])C(C)C([2H])([2H])C([2H])([2H])C([2H])([2H])C1([2H])[2H].[2H]C1([2H])C(C)C([2H])([2H])C([2H])([2H])C1([2H])[2H]. The van der Waals surface area contributed by atoms with E-state index in [-0.39, 0.29) is 6.42 Å². The summed E-state index contributed by atoms with van der Waals surface area (Å²) >= 11 is 0. The molecule has 18 rings (SSSR count). The lowest BCUT2D eigenvalue weighted by Gasteiger charge is -2.54. The molecule has 0 amide bonds. The Balaban J connectivity index is 0.000000228. The standard InChI is InChI=1S/C12H20.C11H18.C9H16.C8H14.C8H16.3C7H14.2C6H12.C6H14.C5H12/c1-2-12-10-4-8-3-9(6-10)7-11(12)5-8;1-7-10-3-8-2-9(5-10)6-11(7)4-8;1-2-8-5-7-3-4-9(8)6-7;1-6-4-7-2-3-8(6)5-7;1-2-8-6-4-3-5-7-8;2*1-7-5-3-2-4-6-7;1-2-7-5-3-4-6-7;2*1-6-4-2-3-5-6;1-4-5-6(2)3;1-4-5(2)3/h8-12H,2-7H2,1H3;7-11H,2-6H2,1H3;7-9H,2-6H2,1H3;6-8H,2-5H2,1H3;8H,2-7H2,1H3;3*7H,2-6H2,1H3;2*6H,2-5H2,1H3;6H,4-5H2,1-3H3;5H,4H2,1-3H3/i;;;;;2D2,3D2,4D2,5D2,6D2;;;2D2,3D2,4D2,5D2;;;2D3,3D3. The molecule has 0 aromatic heterocycles. The minimum atomic E-state index is -3.26. The fourth-order valence-corrected chi connectivity index (χ4v) is 21.0. The second-order valence-electron chi connectivity index (χ2n) is 34.7. The highest BCUT2D eigenvalue weighted by Gasteiger charge is 2.48. The Bertz CT molecular complexity index is 2590. The molecule has 18 aliphatic carbocycles. The van der Waals surface area contributed by atoms with Crippen LogP contribution in [-0.4, -0.2) is 0 Å². The molecular weight excluding hydrogens is 1110 g/mol. The van der Waals surface area contributed by atoms with Gasteiger partial charge >= 0.3 is 0 Å². The van der Waals surface area contributed by atoms with Gasteiger partial charge in [0.05, 0.1) is 0 Å². The maximum Gasteiger partial charge on any atom is 0.0269 e. The molecule has 6 atom stereocenters. The average molecular weight is 1310 g/mol. The Morgan fingerprint density at radius 3 is 0.935 bits per heavy atom. The molecule has 0 aromatic rings. The van der Waals surface area contributed by atoms with Gasteiger partial charge in [0.1, 0.15) is 0 Å². The smallest absolute Gasteiger partial charge is 0.0269 e. The minimum Gasteiger partial charge on any atom is -0.0654 e. The second kappa shape index (κ2) is 47.9. The molecule has 0 radical (unpaired) electrons. The predicted molar refractivity (Wildman–Crippen MR) is 415 cm³/mol. The van der Waals surface area contributed by atoms with E-state index in [1.165, 1.54) is 161 Å². The van der Waals surface area contributed by atoms with Crippen LogP contribution in [0.15, 0.2) is 0 Å². The zero-order valence-electron chi connectivity index (χ0n) is 87.8. The van der Waals surface area contributed by atoms with Crippen molar-refractivity contribution in [3.8, 4) is 0 Å². The van der Waals surface area contributed by atoms with Crippen LogP contribution in [0.25, 0.3) is 0 Å². The summed E-state index contributed by atoms with van der Waals surface area (Å²) < 4.78 is 176. The van der Waals surface area contributed by atoms with Gasteiger partial charge in [-0.15, -0.1) is 0 Å². The Kier molecular flexibility index (Phi) is 27.6. The van der Waals surface area contributed by atoms with Crippen molar-refractivity contribution in [2.75, 3.05) is 0 Å². The van der Waals surface area contributed by atoms with Crippen LogP contribution in [-0.2, 0) is 0 Å². The molecule has 0 nitrogen and oxygen atoms in total. The van der Waals surface area contributed by atoms with Crippen LogP contribution in [0.5, 0.6) is 0 Å². The summed E-state index contributed by atoms with van der Waals surface area (Å²) in [7, 11) is 0. The van der Waals surface area contributed by atoms with Crippen molar-refractivity contribution in [3.63, 3.8) is 0 Å². The Morgan fingerprint density at radius 2 is 0.707 bits per heavy atom. The first kappa shape index (κ1) is 52.9. The van der Waals surface area contributed by atoms with Crippen molar-refractivity contribution in [1.82, 2.24) is 0 Å². The average Bonchev–Trinajstić information content (AvgIpc) is 1.64.